The van der Waals surface area contributed by atoms with Crippen molar-refractivity contribution in [3.63, 3.8) is 0 Å². The Morgan fingerprint density at radius 1 is 0.305 bits per heavy atom. The van der Waals surface area contributed by atoms with Crippen LogP contribution in [-0.4, -0.2) is 0 Å². The van der Waals surface area contributed by atoms with Gasteiger partial charge < -0.3 is 13.7 Å². The molecule has 12 rings (SSSR count). The van der Waals surface area contributed by atoms with Crippen molar-refractivity contribution in [2.45, 2.75) is 0 Å². The lowest BCUT2D eigenvalue weighted by Crippen LogP contribution is -2.10. The molecule has 0 atom stereocenters. The highest BCUT2D eigenvalue weighted by Gasteiger charge is 2.23. The zero-order valence-corrected chi connectivity index (χ0v) is 32.0. The van der Waals surface area contributed by atoms with Crippen LogP contribution < -0.4 is 4.90 Å². The van der Waals surface area contributed by atoms with Gasteiger partial charge in [0.05, 0.1) is 5.69 Å². The van der Waals surface area contributed by atoms with Gasteiger partial charge in [-0.1, -0.05) is 170 Å². The minimum Gasteiger partial charge on any atom is -0.455 e. The Morgan fingerprint density at radius 3 is 1.64 bits per heavy atom. The van der Waals surface area contributed by atoms with E-state index in [1.807, 2.05) is 12.1 Å². The molecule has 0 amide bonds. The predicted octanol–water partition coefficient (Wildman–Crippen LogP) is 16.3. The maximum absolute atomic E-state index is 6.85. The van der Waals surface area contributed by atoms with Crippen molar-refractivity contribution in [1.82, 2.24) is 0 Å². The minimum absolute atomic E-state index is 0.871. The van der Waals surface area contributed by atoms with Crippen LogP contribution in [0, 0.1) is 0 Å². The first-order chi connectivity index (χ1) is 29.3. The van der Waals surface area contributed by atoms with Crippen LogP contribution in [0.3, 0.4) is 0 Å². The normalized spacial score (nSPS) is 11.7. The number of anilines is 3. The molecule has 0 N–H and O–H groups in total. The van der Waals surface area contributed by atoms with E-state index in [9.17, 15) is 0 Å². The van der Waals surface area contributed by atoms with Gasteiger partial charge in [-0.25, -0.2) is 0 Å². The highest BCUT2D eigenvalue weighted by Crippen LogP contribution is 2.47. The molecule has 0 bridgehead atoms. The third-order valence-electron chi connectivity index (χ3n) is 11.9. The fourth-order valence-corrected chi connectivity index (χ4v) is 9.12. The highest BCUT2D eigenvalue weighted by molar-refractivity contribution is 6.23. The van der Waals surface area contributed by atoms with E-state index in [1.165, 1.54) is 27.5 Å². The SMILES string of the molecule is c1ccc(-c2ccc(N(c3ccc(-c4cccc5c4oc4ccccc45)cc3)c3cc4c(oc5cccc(-c6cccc7ccccc67)c54)c4ccccc34)cc2)cc1. The molecule has 2 heterocycles. The maximum atomic E-state index is 6.85. The smallest absolute Gasteiger partial charge is 0.143 e. The zero-order chi connectivity index (χ0) is 38.9. The molecule has 0 aliphatic carbocycles. The van der Waals surface area contributed by atoms with Gasteiger partial charge in [-0.05, 0) is 81.1 Å². The second kappa shape index (κ2) is 13.4. The molecule has 0 unspecified atom stereocenters. The molecule has 59 heavy (non-hydrogen) atoms. The molecule has 0 spiro atoms. The average Bonchev–Trinajstić information content (AvgIpc) is 3.89. The van der Waals surface area contributed by atoms with E-state index in [2.05, 4.69) is 205 Å². The van der Waals surface area contributed by atoms with Crippen molar-refractivity contribution in [3.05, 3.63) is 212 Å². The first kappa shape index (κ1) is 33.3. The Kier molecular flexibility index (Phi) is 7.54. The third-order valence-corrected chi connectivity index (χ3v) is 11.9. The first-order valence-corrected chi connectivity index (χ1v) is 20.1. The summed E-state index contributed by atoms with van der Waals surface area (Å²) in [6.45, 7) is 0. The summed E-state index contributed by atoms with van der Waals surface area (Å²) in [6.07, 6.45) is 0. The van der Waals surface area contributed by atoms with E-state index in [0.29, 0.717) is 0 Å². The molecule has 276 valence electrons. The lowest BCUT2D eigenvalue weighted by atomic mass is 9.93. The van der Waals surface area contributed by atoms with Gasteiger partial charge in [-0.2, -0.15) is 0 Å². The predicted molar refractivity (Wildman–Crippen MR) is 247 cm³/mol. The fourth-order valence-electron chi connectivity index (χ4n) is 9.12. The van der Waals surface area contributed by atoms with Gasteiger partial charge in [0.1, 0.15) is 22.3 Å². The van der Waals surface area contributed by atoms with Gasteiger partial charge in [0.15, 0.2) is 0 Å². The number of nitrogens with zero attached hydrogens (tertiary/aromatic N) is 1. The Hall–Kier alpha value is -7.88. The van der Waals surface area contributed by atoms with Crippen molar-refractivity contribution < 1.29 is 8.83 Å². The van der Waals surface area contributed by atoms with E-state index in [1.54, 1.807) is 0 Å². The second-order valence-corrected chi connectivity index (χ2v) is 15.2. The molecule has 3 heteroatoms. The molecule has 0 aliphatic rings. The number of hydrogen-bond acceptors (Lipinski definition) is 3. The van der Waals surface area contributed by atoms with E-state index in [0.717, 1.165) is 88.4 Å². The molecule has 10 aromatic carbocycles. The number of fused-ring (bicyclic) bond motifs is 9. The molecule has 2 aromatic heterocycles. The molecule has 0 aliphatic heterocycles. The standard InChI is InChI=1S/C56H35NO2/c1-2-13-36(14-3-1)37-27-31-40(32-28-37)57(41-33-29-39(30-34-41)43-21-11-24-49-46-19-8-9-25-52(46)58-55(43)49)51-35-50-54-47(44-22-10-16-38-15-4-5-17-42(38)44)23-12-26-53(54)59-56(50)48-20-7-6-18-45(48)51/h1-35H. The van der Waals surface area contributed by atoms with Gasteiger partial charge >= 0.3 is 0 Å². The van der Waals surface area contributed by atoms with Crippen LogP contribution in [0.1, 0.15) is 0 Å². The van der Waals surface area contributed by atoms with Crippen molar-refractivity contribution in [2.24, 2.45) is 0 Å². The molecule has 0 radical (unpaired) electrons. The van der Waals surface area contributed by atoms with Crippen molar-refractivity contribution in [3.8, 4) is 33.4 Å². The molecule has 0 saturated carbocycles. The van der Waals surface area contributed by atoms with Gasteiger partial charge in [0.2, 0.25) is 0 Å². The number of furan rings is 2. The summed E-state index contributed by atoms with van der Waals surface area (Å²) in [7, 11) is 0. The van der Waals surface area contributed by atoms with Crippen LogP contribution in [0.25, 0.3) is 98.8 Å². The van der Waals surface area contributed by atoms with Crippen molar-refractivity contribution >= 4 is 82.5 Å². The Labute approximate surface area is 340 Å². The van der Waals surface area contributed by atoms with Crippen LogP contribution in [0.2, 0.25) is 0 Å². The average molecular weight is 754 g/mol. The van der Waals surface area contributed by atoms with Crippen molar-refractivity contribution in [1.29, 1.82) is 0 Å². The molecule has 0 fully saturated rings. The lowest BCUT2D eigenvalue weighted by molar-refractivity contribution is 0.670. The fraction of sp³-hybridized carbons (Fsp3) is 0. The molecule has 12 aromatic rings. The Morgan fingerprint density at radius 2 is 0.831 bits per heavy atom. The minimum atomic E-state index is 0.871. The van der Waals surface area contributed by atoms with Crippen LogP contribution in [0.15, 0.2) is 221 Å². The van der Waals surface area contributed by atoms with Crippen LogP contribution in [0.4, 0.5) is 17.1 Å². The Balaban J connectivity index is 1.09. The third kappa shape index (κ3) is 5.36. The molecule has 3 nitrogen and oxygen atoms in total. The largest absolute Gasteiger partial charge is 0.455 e. The first-order valence-electron chi connectivity index (χ1n) is 20.1. The van der Waals surface area contributed by atoms with Gasteiger partial charge in [0.25, 0.3) is 0 Å². The van der Waals surface area contributed by atoms with Gasteiger partial charge in [-0.3, -0.25) is 0 Å². The number of hydrogen-bond donors (Lipinski definition) is 0. The quantitative estimate of drug-likeness (QED) is 0.169. The number of rotatable bonds is 6. The molecular formula is C56H35NO2. The lowest BCUT2D eigenvalue weighted by Gasteiger charge is -2.27. The topological polar surface area (TPSA) is 29.5 Å². The summed E-state index contributed by atoms with van der Waals surface area (Å²) < 4.78 is 13.3. The second-order valence-electron chi connectivity index (χ2n) is 15.2. The number of benzene rings is 10. The van der Waals surface area contributed by atoms with Gasteiger partial charge in [-0.15, -0.1) is 0 Å². The summed E-state index contributed by atoms with van der Waals surface area (Å²) in [6, 6.07) is 75.6. The zero-order valence-electron chi connectivity index (χ0n) is 32.0. The number of para-hydroxylation sites is 2. The van der Waals surface area contributed by atoms with Crippen LogP contribution in [0.5, 0.6) is 0 Å². The summed E-state index contributed by atoms with van der Waals surface area (Å²) in [4.78, 5) is 2.39. The maximum Gasteiger partial charge on any atom is 0.143 e. The van der Waals surface area contributed by atoms with Crippen LogP contribution in [-0.2, 0) is 0 Å². The Bertz CT molecular complexity index is 3540. The summed E-state index contributed by atoms with van der Waals surface area (Å²) in [5.74, 6) is 0. The van der Waals surface area contributed by atoms with E-state index in [-0.39, 0.29) is 0 Å². The van der Waals surface area contributed by atoms with Crippen molar-refractivity contribution in [2.75, 3.05) is 4.90 Å². The monoisotopic (exact) mass is 753 g/mol. The van der Waals surface area contributed by atoms with Gasteiger partial charge in [0, 0.05) is 49.3 Å². The van der Waals surface area contributed by atoms with E-state index >= 15 is 0 Å². The summed E-state index contributed by atoms with van der Waals surface area (Å²) >= 11 is 0. The highest BCUT2D eigenvalue weighted by atomic mass is 16.3. The molecular weight excluding hydrogens is 719 g/mol. The molecule has 0 saturated heterocycles. The summed E-state index contributed by atoms with van der Waals surface area (Å²) in [5, 5.41) is 9.05. The van der Waals surface area contributed by atoms with E-state index < -0.39 is 0 Å². The van der Waals surface area contributed by atoms with Crippen LogP contribution >= 0.6 is 0 Å². The summed E-state index contributed by atoms with van der Waals surface area (Å²) in [5.41, 5.74) is 13.6. The van der Waals surface area contributed by atoms with E-state index in [4.69, 9.17) is 8.83 Å².